The number of halogens is 3. The van der Waals surface area contributed by atoms with E-state index in [1.54, 1.807) is 10.6 Å². The van der Waals surface area contributed by atoms with Crippen molar-refractivity contribution in [2.24, 2.45) is 5.92 Å². The molecule has 34 heavy (non-hydrogen) atoms. The molecule has 0 unspecified atom stereocenters. The van der Waals surface area contributed by atoms with Crippen LogP contribution in [0.3, 0.4) is 0 Å². The molecule has 5 rings (SSSR count). The van der Waals surface area contributed by atoms with Crippen LogP contribution in [0.2, 0.25) is 0 Å². The number of aromatic nitrogens is 3. The number of benzene rings is 1. The molecule has 2 fully saturated rings. The van der Waals surface area contributed by atoms with Crippen LogP contribution in [0.1, 0.15) is 61.0 Å². The second-order valence-electron chi connectivity index (χ2n) is 9.65. The van der Waals surface area contributed by atoms with E-state index in [1.807, 2.05) is 17.2 Å². The summed E-state index contributed by atoms with van der Waals surface area (Å²) < 4.78 is 42.8. The van der Waals surface area contributed by atoms with Gasteiger partial charge in [0.25, 0.3) is 0 Å². The Balaban J connectivity index is 1.49. The lowest BCUT2D eigenvalue weighted by molar-refractivity contribution is -0.137. The fourth-order valence-electron chi connectivity index (χ4n) is 5.33. The van der Waals surface area contributed by atoms with Gasteiger partial charge in [0.15, 0.2) is 5.65 Å². The Kier molecular flexibility index (Phi) is 5.78. The standard InChI is InChI=1S/C26H30F3N5/c1-17-11-13-32(15-17)25-18(2)16-34-24(30-25)14-22(31-34)23-10-6-7-12-33(23)19(3)20-8-4-5-9-21(20)26(27,28)29/h4-5,8-9,14,16-17,23H,3,6-7,10-13,15H2,1-2H3/t17-,23-/m0/s1. The van der Waals surface area contributed by atoms with Crippen LogP contribution >= 0.6 is 0 Å². The summed E-state index contributed by atoms with van der Waals surface area (Å²) in [4.78, 5) is 9.24. The first-order valence-corrected chi connectivity index (χ1v) is 12.0. The van der Waals surface area contributed by atoms with Gasteiger partial charge in [-0.25, -0.2) is 9.50 Å². The van der Waals surface area contributed by atoms with Crippen molar-refractivity contribution in [3.05, 3.63) is 65.5 Å². The van der Waals surface area contributed by atoms with Gasteiger partial charge < -0.3 is 9.80 Å². The molecule has 5 nitrogen and oxygen atoms in total. The van der Waals surface area contributed by atoms with Gasteiger partial charge in [0.1, 0.15) is 5.82 Å². The highest BCUT2D eigenvalue weighted by Gasteiger charge is 2.36. The van der Waals surface area contributed by atoms with E-state index < -0.39 is 11.7 Å². The number of aryl methyl sites for hydroxylation is 1. The van der Waals surface area contributed by atoms with Crippen molar-refractivity contribution in [1.29, 1.82) is 0 Å². The minimum Gasteiger partial charge on any atom is -0.363 e. The third-order valence-electron chi connectivity index (χ3n) is 7.08. The lowest BCUT2D eigenvalue weighted by Gasteiger charge is -2.38. The number of nitrogens with zero attached hydrogens (tertiary/aromatic N) is 5. The molecule has 2 aliphatic rings. The zero-order valence-electron chi connectivity index (χ0n) is 19.6. The van der Waals surface area contributed by atoms with Crippen molar-refractivity contribution in [2.75, 3.05) is 24.5 Å². The third kappa shape index (κ3) is 4.14. The summed E-state index contributed by atoms with van der Waals surface area (Å²) in [5, 5.41) is 4.81. The van der Waals surface area contributed by atoms with Gasteiger partial charge in [0.2, 0.25) is 0 Å². The molecule has 0 spiro atoms. The van der Waals surface area contributed by atoms with E-state index in [9.17, 15) is 13.2 Å². The van der Waals surface area contributed by atoms with Crippen LogP contribution in [0.25, 0.3) is 11.3 Å². The summed E-state index contributed by atoms with van der Waals surface area (Å²) in [5.74, 6) is 1.64. The molecule has 0 radical (unpaired) electrons. The molecule has 2 aromatic heterocycles. The van der Waals surface area contributed by atoms with Crippen LogP contribution < -0.4 is 4.90 Å². The highest BCUT2D eigenvalue weighted by molar-refractivity contribution is 5.66. The largest absolute Gasteiger partial charge is 0.417 e. The Hall–Kier alpha value is -3.03. The number of hydrogen-bond acceptors (Lipinski definition) is 4. The third-order valence-corrected chi connectivity index (χ3v) is 7.08. The predicted octanol–water partition coefficient (Wildman–Crippen LogP) is 6.10. The summed E-state index contributed by atoms with van der Waals surface area (Å²) >= 11 is 0. The second-order valence-corrected chi connectivity index (χ2v) is 9.65. The molecule has 0 saturated carbocycles. The van der Waals surface area contributed by atoms with Crippen LogP contribution in [0.4, 0.5) is 19.0 Å². The summed E-state index contributed by atoms with van der Waals surface area (Å²) in [5.41, 5.74) is 2.53. The molecule has 0 N–H and O–H groups in total. The smallest absolute Gasteiger partial charge is 0.363 e. The number of piperidine rings is 1. The highest BCUT2D eigenvalue weighted by atomic mass is 19.4. The van der Waals surface area contributed by atoms with Gasteiger partial charge >= 0.3 is 6.18 Å². The fraction of sp³-hybridized carbons (Fsp3) is 0.462. The molecule has 8 heteroatoms. The SMILES string of the molecule is C=C(c1ccccc1C(F)(F)F)N1CCCC[C@H]1c1cc2nc(N3CC[C@H](C)C3)c(C)cn2n1. The minimum atomic E-state index is -4.43. The van der Waals surface area contributed by atoms with Crippen molar-refractivity contribution in [2.45, 2.75) is 51.7 Å². The van der Waals surface area contributed by atoms with Gasteiger partial charge in [-0.15, -0.1) is 0 Å². The summed E-state index contributed by atoms with van der Waals surface area (Å²) in [6, 6.07) is 7.52. The maximum atomic E-state index is 13.7. The van der Waals surface area contributed by atoms with Crippen LogP contribution in [0, 0.1) is 12.8 Å². The maximum Gasteiger partial charge on any atom is 0.417 e. The monoisotopic (exact) mass is 469 g/mol. The van der Waals surface area contributed by atoms with Crippen molar-refractivity contribution < 1.29 is 13.2 Å². The van der Waals surface area contributed by atoms with Gasteiger partial charge in [-0.3, -0.25) is 0 Å². The van der Waals surface area contributed by atoms with Gasteiger partial charge in [-0.1, -0.05) is 31.7 Å². The Morgan fingerprint density at radius 1 is 1.12 bits per heavy atom. The van der Waals surface area contributed by atoms with Crippen LogP contribution in [-0.4, -0.2) is 39.1 Å². The molecular formula is C26H30F3N5. The van der Waals surface area contributed by atoms with E-state index in [0.717, 1.165) is 67.6 Å². The molecule has 0 aliphatic carbocycles. The van der Waals surface area contributed by atoms with E-state index in [-0.39, 0.29) is 11.6 Å². The quantitative estimate of drug-likeness (QED) is 0.463. The fourth-order valence-corrected chi connectivity index (χ4v) is 5.33. The minimum absolute atomic E-state index is 0.130. The molecule has 1 aromatic carbocycles. The van der Waals surface area contributed by atoms with E-state index in [1.165, 1.54) is 12.1 Å². The first-order chi connectivity index (χ1) is 16.2. The maximum absolute atomic E-state index is 13.7. The molecule has 2 atom stereocenters. The second kappa shape index (κ2) is 8.64. The number of anilines is 1. The molecule has 0 bridgehead atoms. The molecular weight excluding hydrogens is 439 g/mol. The van der Waals surface area contributed by atoms with Crippen LogP contribution in [0.15, 0.2) is 43.1 Å². The molecule has 0 amide bonds. The number of likely N-dealkylation sites (tertiary alicyclic amines) is 1. The summed E-state index contributed by atoms with van der Waals surface area (Å²) in [6.07, 6.45) is 1.45. The average molecular weight is 470 g/mol. The van der Waals surface area contributed by atoms with Crippen molar-refractivity contribution >= 4 is 17.2 Å². The Morgan fingerprint density at radius 2 is 1.91 bits per heavy atom. The molecule has 4 heterocycles. The summed E-state index contributed by atoms with van der Waals surface area (Å²) in [6.45, 7) is 11.1. The summed E-state index contributed by atoms with van der Waals surface area (Å²) in [7, 11) is 0. The molecule has 2 aliphatic heterocycles. The average Bonchev–Trinajstić information content (AvgIpc) is 3.43. The van der Waals surface area contributed by atoms with Gasteiger partial charge in [-0.05, 0) is 44.6 Å². The zero-order valence-corrected chi connectivity index (χ0v) is 19.6. The Bertz CT molecular complexity index is 1210. The number of rotatable bonds is 4. The molecule has 180 valence electrons. The predicted molar refractivity (Wildman–Crippen MR) is 127 cm³/mol. The number of alkyl halides is 3. The normalized spacial score (nSPS) is 21.4. The van der Waals surface area contributed by atoms with Gasteiger partial charge in [-0.2, -0.15) is 18.3 Å². The lowest BCUT2D eigenvalue weighted by Crippen LogP contribution is -2.32. The van der Waals surface area contributed by atoms with Gasteiger partial charge in [0.05, 0.1) is 17.3 Å². The van der Waals surface area contributed by atoms with Crippen molar-refractivity contribution in [3.8, 4) is 0 Å². The van der Waals surface area contributed by atoms with Crippen LogP contribution in [-0.2, 0) is 6.18 Å². The molecule has 2 saturated heterocycles. The van der Waals surface area contributed by atoms with Gasteiger partial charge in [0, 0.05) is 48.7 Å². The highest BCUT2D eigenvalue weighted by Crippen LogP contribution is 2.40. The van der Waals surface area contributed by atoms with Crippen molar-refractivity contribution in [3.63, 3.8) is 0 Å². The zero-order chi connectivity index (χ0) is 24.0. The van der Waals surface area contributed by atoms with Crippen molar-refractivity contribution in [1.82, 2.24) is 19.5 Å². The van der Waals surface area contributed by atoms with E-state index in [4.69, 9.17) is 10.1 Å². The Morgan fingerprint density at radius 3 is 2.65 bits per heavy atom. The van der Waals surface area contributed by atoms with E-state index in [2.05, 4.69) is 25.3 Å². The van der Waals surface area contributed by atoms with E-state index >= 15 is 0 Å². The van der Waals surface area contributed by atoms with Crippen LogP contribution in [0.5, 0.6) is 0 Å². The topological polar surface area (TPSA) is 36.7 Å². The lowest BCUT2D eigenvalue weighted by atomic mass is 9.95. The van der Waals surface area contributed by atoms with E-state index in [0.29, 0.717) is 18.2 Å². The molecule has 3 aromatic rings. The Labute approximate surface area is 197 Å². The number of fused-ring (bicyclic) bond motifs is 1. The first kappa shape index (κ1) is 22.7. The number of hydrogen-bond donors (Lipinski definition) is 0. The first-order valence-electron chi connectivity index (χ1n) is 12.0.